The van der Waals surface area contributed by atoms with E-state index >= 15 is 0 Å². The molecule has 2 aromatic carbocycles. The third-order valence-corrected chi connectivity index (χ3v) is 7.57. The molecule has 1 fully saturated rings. The highest BCUT2D eigenvalue weighted by Gasteiger charge is 2.42. The van der Waals surface area contributed by atoms with Gasteiger partial charge in [-0.3, -0.25) is 0 Å². The van der Waals surface area contributed by atoms with Crippen LogP contribution in [0.1, 0.15) is 24.2 Å². The van der Waals surface area contributed by atoms with Crippen LogP contribution in [0.5, 0.6) is 0 Å². The Morgan fingerprint density at radius 2 is 1.69 bits per heavy atom. The normalized spacial score (nSPS) is 18.8. The lowest BCUT2D eigenvalue weighted by molar-refractivity contribution is 0.0252. The van der Waals surface area contributed by atoms with Gasteiger partial charge in [-0.25, -0.2) is 17.2 Å². The second-order valence-electron chi connectivity index (χ2n) is 7.55. The molecule has 1 aromatic heterocycles. The fourth-order valence-corrected chi connectivity index (χ4v) is 5.70. The molecule has 0 bridgehead atoms. The zero-order valence-electron chi connectivity index (χ0n) is 15.5. The maximum absolute atomic E-state index is 13.5. The van der Waals surface area contributed by atoms with Gasteiger partial charge < -0.3 is 14.5 Å². The number of sulfone groups is 1. The molecule has 5 rings (SSSR count). The van der Waals surface area contributed by atoms with Crippen LogP contribution in [0.2, 0.25) is 0 Å². The monoisotopic (exact) mass is 419 g/mol. The van der Waals surface area contributed by atoms with Crippen LogP contribution < -0.4 is 5.32 Å². The molecular formula is C21H19F2NO4S. The Morgan fingerprint density at radius 1 is 0.966 bits per heavy atom. The maximum Gasteiger partial charge on any atom is 0.206 e. The topological polar surface area (TPSA) is 68.5 Å². The Bertz CT molecular complexity index is 1190. The van der Waals surface area contributed by atoms with Gasteiger partial charge in [0.2, 0.25) is 9.84 Å². The zero-order chi connectivity index (χ0) is 20.2. The first-order valence-corrected chi connectivity index (χ1v) is 11.0. The molecular weight excluding hydrogens is 400 g/mol. The average Bonchev–Trinajstić information content (AvgIpc) is 3.08. The molecule has 0 unspecified atom stereocenters. The molecule has 8 heteroatoms. The SMILES string of the molecule is O=S(=O)(c1cc(F)cc(F)c1)c1ccc2c3c(oc2c1)C1(CCOCC1)NCC3. The Morgan fingerprint density at radius 3 is 2.41 bits per heavy atom. The van der Waals surface area contributed by atoms with Crippen LogP contribution in [0.4, 0.5) is 8.78 Å². The van der Waals surface area contributed by atoms with Crippen LogP contribution >= 0.6 is 0 Å². The van der Waals surface area contributed by atoms with Crippen molar-refractivity contribution in [3.05, 3.63) is 59.4 Å². The van der Waals surface area contributed by atoms with Gasteiger partial charge in [-0.1, -0.05) is 0 Å². The highest BCUT2D eigenvalue weighted by molar-refractivity contribution is 7.91. The number of nitrogens with one attached hydrogen (secondary N) is 1. The van der Waals surface area contributed by atoms with Crippen molar-refractivity contribution in [2.75, 3.05) is 19.8 Å². The number of furan rings is 1. The Balaban J connectivity index is 1.63. The molecule has 0 saturated carbocycles. The fraction of sp³-hybridized carbons (Fsp3) is 0.333. The minimum Gasteiger partial charge on any atom is -0.459 e. The molecule has 5 nitrogen and oxygen atoms in total. The highest BCUT2D eigenvalue weighted by Crippen LogP contribution is 2.42. The zero-order valence-corrected chi connectivity index (χ0v) is 16.3. The quantitative estimate of drug-likeness (QED) is 0.686. The van der Waals surface area contributed by atoms with Crippen molar-refractivity contribution in [2.24, 2.45) is 0 Å². The lowest BCUT2D eigenvalue weighted by Crippen LogP contribution is -2.50. The first-order valence-electron chi connectivity index (χ1n) is 9.49. The van der Waals surface area contributed by atoms with Crippen molar-refractivity contribution in [3.63, 3.8) is 0 Å². The van der Waals surface area contributed by atoms with Crippen molar-refractivity contribution in [3.8, 4) is 0 Å². The standard InChI is InChI=1S/C21H19F2NO4S/c22-13-9-14(23)11-16(10-13)29(25,26)15-1-2-17-18-3-6-24-21(4-7-27-8-5-21)20(18)28-19(17)12-15/h1-2,9-12,24H,3-8H2. The van der Waals surface area contributed by atoms with Crippen molar-refractivity contribution >= 4 is 20.8 Å². The number of hydrogen-bond acceptors (Lipinski definition) is 5. The highest BCUT2D eigenvalue weighted by atomic mass is 32.2. The summed E-state index contributed by atoms with van der Waals surface area (Å²) in [5, 5.41) is 4.43. The first kappa shape index (κ1) is 18.7. The number of rotatable bonds is 2. The number of halogens is 2. The lowest BCUT2D eigenvalue weighted by atomic mass is 9.81. The molecule has 0 radical (unpaired) electrons. The van der Waals surface area contributed by atoms with Gasteiger partial charge >= 0.3 is 0 Å². The molecule has 152 valence electrons. The number of ether oxygens (including phenoxy) is 1. The second kappa shape index (κ2) is 6.62. The van der Waals surface area contributed by atoms with Gasteiger partial charge in [0.05, 0.1) is 15.3 Å². The van der Waals surface area contributed by atoms with E-state index in [4.69, 9.17) is 9.15 Å². The van der Waals surface area contributed by atoms with Crippen molar-refractivity contribution in [1.82, 2.24) is 5.32 Å². The van der Waals surface area contributed by atoms with E-state index in [-0.39, 0.29) is 10.4 Å². The van der Waals surface area contributed by atoms with Crippen LogP contribution in [-0.4, -0.2) is 28.2 Å². The molecule has 3 aromatic rings. The first-order chi connectivity index (χ1) is 13.9. The summed E-state index contributed by atoms with van der Waals surface area (Å²) in [6.45, 7) is 2.08. The fourth-order valence-electron chi connectivity index (χ4n) is 4.38. The van der Waals surface area contributed by atoms with E-state index in [0.29, 0.717) is 24.9 Å². The van der Waals surface area contributed by atoms with Crippen molar-refractivity contribution in [1.29, 1.82) is 0 Å². The van der Waals surface area contributed by atoms with E-state index < -0.39 is 26.4 Å². The lowest BCUT2D eigenvalue weighted by Gasteiger charge is -2.39. The second-order valence-corrected chi connectivity index (χ2v) is 9.50. The van der Waals surface area contributed by atoms with Gasteiger partial charge in [0, 0.05) is 42.8 Å². The van der Waals surface area contributed by atoms with Crippen LogP contribution in [0.15, 0.2) is 50.6 Å². The maximum atomic E-state index is 13.5. The molecule has 0 aliphatic carbocycles. The number of hydrogen-bond donors (Lipinski definition) is 1. The third-order valence-electron chi connectivity index (χ3n) is 5.84. The summed E-state index contributed by atoms with van der Waals surface area (Å²) in [6.07, 6.45) is 2.35. The number of fused-ring (bicyclic) bond motifs is 4. The summed E-state index contributed by atoms with van der Waals surface area (Å²) < 4.78 is 64.6. The predicted octanol–water partition coefficient (Wildman–Crippen LogP) is 3.70. The summed E-state index contributed by atoms with van der Waals surface area (Å²) >= 11 is 0. The van der Waals surface area contributed by atoms with Crippen LogP contribution in [0.3, 0.4) is 0 Å². The molecule has 3 heterocycles. The largest absolute Gasteiger partial charge is 0.459 e. The van der Waals surface area contributed by atoms with E-state index in [2.05, 4.69) is 5.32 Å². The minimum absolute atomic E-state index is 0.0601. The Labute approximate surface area is 166 Å². The summed E-state index contributed by atoms with van der Waals surface area (Å²) in [7, 11) is -4.09. The van der Waals surface area contributed by atoms with E-state index in [1.54, 1.807) is 6.07 Å². The van der Waals surface area contributed by atoms with E-state index in [1.807, 2.05) is 0 Å². The molecule has 2 aliphatic heterocycles. The summed E-state index contributed by atoms with van der Waals surface area (Å²) in [4.78, 5) is -0.483. The minimum atomic E-state index is -4.09. The van der Waals surface area contributed by atoms with Gasteiger partial charge in [-0.05, 0) is 43.5 Å². The molecule has 1 spiro atoms. The van der Waals surface area contributed by atoms with Gasteiger partial charge in [-0.2, -0.15) is 0 Å². The molecule has 2 aliphatic rings. The molecule has 1 N–H and O–H groups in total. The van der Waals surface area contributed by atoms with Gasteiger partial charge in [0.25, 0.3) is 0 Å². The van der Waals surface area contributed by atoms with Crippen molar-refractivity contribution in [2.45, 2.75) is 34.6 Å². The molecule has 0 atom stereocenters. The Kier molecular flexibility index (Phi) is 4.27. The van der Waals surface area contributed by atoms with E-state index in [0.717, 1.165) is 54.6 Å². The Hall–Kier alpha value is -2.29. The van der Waals surface area contributed by atoms with Crippen LogP contribution in [-0.2, 0) is 26.5 Å². The molecule has 0 amide bonds. The van der Waals surface area contributed by atoms with Gasteiger partial charge in [0.1, 0.15) is 23.0 Å². The summed E-state index contributed by atoms with van der Waals surface area (Å²) in [5.74, 6) is -1.04. The van der Waals surface area contributed by atoms with E-state index in [1.165, 1.54) is 12.1 Å². The van der Waals surface area contributed by atoms with E-state index in [9.17, 15) is 17.2 Å². The third kappa shape index (κ3) is 2.97. The summed E-state index contributed by atoms with van der Waals surface area (Å²) in [6, 6.07) is 6.91. The summed E-state index contributed by atoms with van der Waals surface area (Å²) in [5.41, 5.74) is 1.25. The predicted molar refractivity (Wildman–Crippen MR) is 101 cm³/mol. The van der Waals surface area contributed by atoms with Gasteiger partial charge in [0.15, 0.2) is 0 Å². The van der Waals surface area contributed by atoms with Crippen molar-refractivity contribution < 1.29 is 26.4 Å². The van der Waals surface area contributed by atoms with Crippen LogP contribution in [0.25, 0.3) is 11.0 Å². The molecule has 29 heavy (non-hydrogen) atoms. The number of benzene rings is 2. The van der Waals surface area contributed by atoms with Crippen LogP contribution in [0, 0.1) is 11.6 Å². The molecule has 1 saturated heterocycles. The smallest absolute Gasteiger partial charge is 0.206 e. The average molecular weight is 419 g/mol. The van der Waals surface area contributed by atoms with Gasteiger partial charge in [-0.15, -0.1) is 0 Å².